The van der Waals surface area contributed by atoms with Crippen molar-refractivity contribution in [1.82, 2.24) is 4.90 Å². The van der Waals surface area contributed by atoms with Gasteiger partial charge in [0.15, 0.2) is 0 Å². The number of carbonyl (C=O) groups is 2. The van der Waals surface area contributed by atoms with Crippen LogP contribution in [0.4, 0.5) is 0 Å². The summed E-state index contributed by atoms with van der Waals surface area (Å²) in [5.41, 5.74) is 1.11. The smallest absolute Gasteiger partial charge is 0.295 e. The normalized spacial score (nSPS) is 17.2. The fourth-order valence-corrected chi connectivity index (χ4v) is 4.04. The van der Waals surface area contributed by atoms with Gasteiger partial charge in [-0.2, -0.15) is 0 Å². The molecule has 1 fully saturated rings. The van der Waals surface area contributed by atoms with E-state index in [0.717, 1.165) is 12.0 Å². The molecule has 2 aromatic carbocycles. The van der Waals surface area contributed by atoms with Crippen LogP contribution in [0.2, 0.25) is 0 Å². The van der Waals surface area contributed by atoms with Crippen LogP contribution in [-0.2, 0) is 9.59 Å². The molecule has 1 aliphatic rings. The zero-order valence-corrected chi connectivity index (χ0v) is 20.3. The molecule has 34 heavy (non-hydrogen) atoms. The summed E-state index contributed by atoms with van der Waals surface area (Å²) in [4.78, 5) is 27.6. The summed E-state index contributed by atoms with van der Waals surface area (Å²) < 4.78 is 17.0. The van der Waals surface area contributed by atoms with Gasteiger partial charge in [0, 0.05) is 12.6 Å². The predicted molar refractivity (Wildman–Crippen MR) is 130 cm³/mol. The molecule has 1 heterocycles. The first-order chi connectivity index (χ1) is 16.5. The summed E-state index contributed by atoms with van der Waals surface area (Å²) in [6, 6.07) is 11.6. The lowest BCUT2D eigenvalue weighted by atomic mass is 9.95. The number of aliphatic hydroxyl groups is 1. The van der Waals surface area contributed by atoms with Gasteiger partial charge in [-0.05, 0) is 56.5 Å². The maximum absolute atomic E-state index is 13.1. The van der Waals surface area contributed by atoms with Crippen LogP contribution in [0.15, 0.2) is 48.0 Å². The molecule has 0 aliphatic carbocycles. The van der Waals surface area contributed by atoms with Crippen LogP contribution in [-0.4, -0.2) is 48.1 Å². The Labute approximate surface area is 200 Å². The Kier molecular flexibility index (Phi) is 8.57. The first-order valence-corrected chi connectivity index (χ1v) is 11.9. The highest BCUT2D eigenvalue weighted by atomic mass is 16.5. The molecule has 3 rings (SSSR count). The van der Waals surface area contributed by atoms with Crippen LogP contribution < -0.4 is 14.2 Å². The Balaban J connectivity index is 2.12. The number of Topliss-reactive ketones (excluding diaryl/α,β-unsaturated/α-hetero) is 1. The van der Waals surface area contributed by atoms with Crippen LogP contribution in [0.1, 0.15) is 57.7 Å². The van der Waals surface area contributed by atoms with Gasteiger partial charge < -0.3 is 24.2 Å². The van der Waals surface area contributed by atoms with Crippen molar-refractivity contribution in [3.05, 3.63) is 59.2 Å². The molecule has 1 saturated heterocycles. The molecule has 0 saturated carbocycles. The van der Waals surface area contributed by atoms with E-state index in [0.29, 0.717) is 55.6 Å². The minimum Gasteiger partial charge on any atom is -0.507 e. The molecule has 2 aromatic rings. The Morgan fingerprint density at radius 2 is 1.56 bits per heavy atom. The molecular weight excluding hydrogens is 434 g/mol. The lowest BCUT2D eigenvalue weighted by Crippen LogP contribution is -2.30. The van der Waals surface area contributed by atoms with Crippen molar-refractivity contribution in [3.8, 4) is 17.2 Å². The Hall–Kier alpha value is -3.48. The second-order valence-corrected chi connectivity index (χ2v) is 7.93. The summed E-state index contributed by atoms with van der Waals surface area (Å²) in [5.74, 6) is 0.0907. The number of hydrogen-bond donors (Lipinski definition) is 1. The van der Waals surface area contributed by atoms with E-state index in [1.54, 1.807) is 18.2 Å². The van der Waals surface area contributed by atoms with Gasteiger partial charge >= 0.3 is 0 Å². The summed E-state index contributed by atoms with van der Waals surface area (Å²) in [6.45, 7) is 9.52. The highest BCUT2D eigenvalue weighted by Crippen LogP contribution is 2.42. The van der Waals surface area contributed by atoms with Gasteiger partial charge in [-0.15, -0.1) is 0 Å². The summed E-state index contributed by atoms with van der Waals surface area (Å²) >= 11 is 0. The predicted octanol–water partition coefficient (Wildman–Crippen LogP) is 5.10. The Morgan fingerprint density at radius 3 is 2.18 bits per heavy atom. The van der Waals surface area contributed by atoms with E-state index in [2.05, 4.69) is 0 Å². The minimum absolute atomic E-state index is 0.0470. The highest BCUT2D eigenvalue weighted by Gasteiger charge is 2.46. The fourth-order valence-electron chi connectivity index (χ4n) is 4.04. The van der Waals surface area contributed by atoms with E-state index in [1.807, 2.05) is 52.0 Å². The molecule has 1 N–H and O–H groups in total. The van der Waals surface area contributed by atoms with Gasteiger partial charge in [0.25, 0.3) is 11.7 Å². The Bertz CT molecular complexity index is 1040. The van der Waals surface area contributed by atoms with Crippen molar-refractivity contribution in [2.45, 2.75) is 46.6 Å². The molecule has 0 aromatic heterocycles. The van der Waals surface area contributed by atoms with Gasteiger partial charge in [-0.1, -0.05) is 26.0 Å². The van der Waals surface area contributed by atoms with Crippen molar-refractivity contribution in [1.29, 1.82) is 0 Å². The topological polar surface area (TPSA) is 85.3 Å². The summed E-state index contributed by atoms with van der Waals surface area (Å²) in [7, 11) is 0. The first-order valence-electron chi connectivity index (χ1n) is 11.9. The Morgan fingerprint density at radius 1 is 0.882 bits per heavy atom. The van der Waals surface area contributed by atoms with Crippen molar-refractivity contribution in [3.63, 3.8) is 0 Å². The average Bonchev–Trinajstić information content (AvgIpc) is 3.08. The third-order valence-electron chi connectivity index (χ3n) is 5.49. The molecule has 0 radical (unpaired) electrons. The summed E-state index contributed by atoms with van der Waals surface area (Å²) in [6.07, 6.45) is 1.57. The number of likely N-dealkylation sites (tertiary alicyclic amines) is 1. The number of ether oxygens (including phenoxy) is 3. The number of carbonyl (C=O) groups excluding carboxylic acids is 2. The third kappa shape index (κ3) is 5.19. The highest BCUT2D eigenvalue weighted by molar-refractivity contribution is 6.46. The lowest BCUT2D eigenvalue weighted by Gasteiger charge is -2.25. The molecule has 7 nitrogen and oxygen atoms in total. The number of hydrogen-bond acceptors (Lipinski definition) is 6. The largest absolute Gasteiger partial charge is 0.507 e. The number of rotatable bonds is 11. The number of ketones is 1. The van der Waals surface area contributed by atoms with Crippen LogP contribution in [0, 0.1) is 0 Å². The molecule has 1 unspecified atom stereocenters. The second kappa shape index (κ2) is 11.6. The van der Waals surface area contributed by atoms with Crippen molar-refractivity contribution in [2.75, 3.05) is 26.4 Å². The monoisotopic (exact) mass is 467 g/mol. The molecule has 0 bridgehead atoms. The lowest BCUT2D eigenvalue weighted by molar-refractivity contribution is -0.139. The fraction of sp³-hybridized carbons (Fsp3) is 0.407. The van der Waals surface area contributed by atoms with E-state index in [-0.39, 0.29) is 11.3 Å². The van der Waals surface area contributed by atoms with Gasteiger partial charge in [0.1, 0.15) is 23.0 Å². The van der Waals surface area contributed by atoms with Crippen LogP contribution in [0.25, 0.3) is 5.76 Å². The maximum Gasteiger partial charge on any atom is 0.295 e. The molecule has 182 valence electrons. The van der Waals surface area contributed by atoms with Crippen molar-refractivity contribution < 1.29 is 28.9 Å². The van der Waals surface area contributed by atoms with Crippen LogP contribution in [0.5, 0.6) is 17.2 Å². The molecule has 1 atom stereocenters. The van der Waals surface area contributed by atoms with Gasteiger partial charge in [-0.3, -0.25) is 9.59 Å². The quantitative estimate of drug-likeness (QED) is 0.281. The summed E-state index contributed by atoms with van der Waals surface area (Å²) in [5, 5.41) is 11.4. The molecule has 7 heteroatoms. The van der Waals surface area contributed by atoms with Crippen LogP contribution in [0.3, 0.4) is 0 Å². The van der Waals surface area contributed by atoms with Gasteiger partial charge in [-0.25, -0.2) is 0 Å². The zero-order valence-electron chi connectivity index (χ0n) is 20.3. The minimum atomic E-state index is -0.710. The van der Waals surface area contributed by atoms with Crippen LogP contribution >= 0.6 is 0 Å². The van der Waals surface area contributed by atoms with Gasteiger partial charge in [0.2, 0.25) is 0 Å². The van der Waals surface area contributed by atoms with E-state index < -0.39 is 17.7 Å². The molecule has 1 amide bonds. The molecule has 0 spiro atoms. The van der Waals surface area contributed by atoms with Gasteiger partial charge in [0.05, 0.1) is 37.0 Å². The maximum atomic E-state index is 13.1. The zero-order chi connectivity index (χ0) is 24.7. The standard InChI is InChI=1S/C27H33NO6/c1-5-15-28-24(18-9-11-19(12-10-18)34-16-6-2)23(26(30)27(28)31)25(29)21-14-13-20(32-7-3)17-22(21)33-8-4/h9-14,17,24,29H,5-8,15-16H2,1-4H3/b25-23-. The number of amides is 1. The van der Waals surface area contributed by atoms with Crippen molar-refractivity contribution in [2.24, 2.45) is 0 Å². The number of nitrogens with zero attached hydrogens (tertiary/aromatic N) is 1. The van der Waals surface area contributed by atoms with E-state index in [9.17, 15) is 14.7 Å². The van der Waals surface area contributed by atoms with E-state index >= 15 is 0 Å². The average molecular weight is 468 g/mol. The molecule has 1 aliphatic heterocycles. The number of aliphatic hydroxyl groups excluding tert-OH is 1. The second-order valence-electron chi connectivity index (χ2n) is 7.93. The first kappa shape index (κ1) is 25.1. The van der Waals surface area contributed by atoms with E-state index in [1.165, 1.54) is 4.90 Å². The SMILES string of the molecule is CCCOc1ccc(C2/C(=C(/O)c3ccc(OCC)cc3OCC)C(=O)C(=O)N2CCC)cc1. The molecular formula is C27H33NO6. The van der Waals surface area contributed by atoms with E-state index in [4.69, 9.17) is 14.2 Å². The van der Waals surface area contributed by atoms with Crippen molar-refractivity contribution >= 4 is 17.4 Å². The third-order valence-corrected chi connectivity index (χ3v) is 5.49. The number of benzene rings is 2.